The van der Waals surface area contributed by atoms with Crippen LogP contribution in [0.5, 0.6) is 5.75 Å². The highest BCUT2D eigenvalue weighted by Crippen LogP contribution is 2.25. The van der Waals surface area contributed by atoms with E-state index in [9.17, 15) is 18.0 Å². The Hall–Kier alpha value is -1.51. The summed E-state index contributed by atoms with van der Waals surface area (Å²) in [5.74, 6) is -0.684. The normalized spacial score (nSPS) is 21.1. The molecule has 0 saturated carbocycles. The Morgan fingerprint density at radius 2 is 1.95 bits per heavy atom. The number of nitrogens with two attached hydrogens (primary N) is 1. The summed E-state index contributed by atoms with van der Waals surface area (Å²) in [5.41, 5.74) is 5.82. The smallest absolute Gasteiger partial charge is 0.406 e. The highest BCUT2D eigenvalue weighted by Gasteiger charge is 2.31. The van der Waals surface area contributed by atoms with Gasteiger partial charge in [0.05, 0.1) is 6.10 Å². The summed E-state index contributed by atoms with van der Waals surface area (Å²) in [5, 5.41) is 2.58. The van der Waals surface area contributed by atoms with E-state index < -0.39 is 12.5 Å². The Bertz CT molecular complexity index is 496. The minimum atomic E-state index is -4.74. The van der Waals surface area contributed by atoms with E-state index in [1.807, 2.05) is 0 Å². The van der Waals surface area contributed by atoms with Crippen LogP contribution in [-0.2, 0) is 9.53 Å². The van der Waals surface area contributed by atoms with Crippen LogP contribution in [0.2, 0.25) is 0 Å². The molecule has 9 heteroatoms. The van der Waals surface area contributed by atoms with Crippen molar-refractivity contribution in [2.75, 3.05) is 11.9 Å². The zero-order valence-corrected chi connectivity index (χ0v) is 12.2. The Balaban J connectivity index is 0.00000242. The van der Waals surface area contributed by atoms with E-state index in [1.165, 1.54) is 12.1 Å². The van der Waals surface area contributed by atoms with E-state index in [0.717, 1.165) is 12.1 Å². The molecule has 1 fully saturated rings. The standard InChI is InChI=1S/C13H15F3N2O3.ClH/c14-13(15,16)21-9-3-1-8(2-4-9)18-12(19)11-6-5-10(7-17)20-11;/h1-4,10-11H,5-7,17H2,(H,18,19);1H/t10-,11+;/m1./s1. The van der Waals surface area contributed by atoms with Gasteiger partial charge in [-0.15, -0.1) is 25.6 Å². The van der Waals surface area contributed by atoms with E-state index in [-0.39, 0.29) is 30.2 Å². The van der Waals surface area contributed by atoms with E-state index in [4.69, 9.17) is 10.5 Å². The van der Waals surface area contributed by atoms with Crippen LogP contribution in [0.1, 0.15) is 12.8 Å². The number of ether oxygens (including phenoxy) is 2. The number of halogens is 4. The maximum Gasteiger partial charge on any atom is 0.573 e. The number of carbonyl (C=O) groups excluding carboxylic acids is 1. The highest BCUT2D eigenvalue weighted by molar-refractivity contribution is 5.94. The molecular weight excluding hydrogens is 325 g/mol. The van der Waals surface area contributed by atoms with Gasteiger partial charge in [-0.2, -0.15) is 0 Å². The molecule has 1 aromatic rings. The molecule has 1 saturated heterocycles. The Kier molecular flexibility index (Phi) is 6.46. The number of alkyl halides is 3. The number of amides is 1. The van der Waals surface area contributed by atoms with Crippen LogP contribution < -0.4 is 15.8 Å². The molecule has 2 rings (SSSR count). The first-order valence-electron chi connectivity index (χ1n) is 6.39. The number of rotatable bonds is 4. The average molecular weight is 341 g/mol. The summed E-state index contributed by atoms with van der Waals surface area (Å²) in [6.45, 7) is 0.354. The molecule has 3 N–H and O–H groups in total. The number of hydrogen-bond acceptors (Lipinski definition) is 4. The first kappa shape index (κ1) is 18.5. The van der Waals surface area contributed by atoms with Crippen LogP contribution in [0.25, 0.3) is 0 Å². The van der Waals surface area contributed by atoms with Gasteiger partial charge >= 0.3 is 6.36 Å². The molecule has 2 atom stereocenters. The van der Waals surface area contributed by atoms with Crippen LogP contribution in [-0.4, -0.2) is 31.0 Å². The van der Waals surface area contributed by atoms with Gasteiger partial charge in [0.25, 0.3) is 5.91 Å². The van der Waals surface area contributed by atoms with Crippen LogP contribution >= 0.6 is 12.4 Å². The van der Waals surface area contributed by atoms with Crippen molar-refractivity contribution in [2.24, 2.45) is 5.73 Å². The largest absolute Gasteiger partial charge is 0.573 e. The van der Waals surface area contributed by atoms with E-state index in [2.05, 4.69) is 10.1 Å². The third kappa shape index (κ3) is 5.36. The number of benzene rings is 1. The summed E-state index contributed by atoms with van der Waals surface area (Å²) >= 11 is 0. The number of hydrogen-bond donors (Lipinski definition) is 2. The average Bonchev–Trinajstić information content (AvgIpc) is 2.88. The fourth-order valence-corrected chi connectivity index (χ4v) is 2.03. The summed E-state index contributed by atoms with van der Waals surface area (Å²) in [6, 6.07) is 4.91. The Labute approximate surface area is 131 Å². The number of nitrogens with one attached hydrogen (secondary N) is 1. The topological polar surface area (TPSA) is 73.6 Å². The van der Waals surface area contributed by atoms with Crippen molar-refractivity contribution in [1.82, 2.24) is 0 Å². The van der Waals surface area contributed by atoms with Crippen LogP contribution in [0.3, 0.4) is 0 Å². The van der Waals surface area contributed by atoms with Gasteiger partial charge in [-0.25, -0.2) is 0 Å². The lowest BCUT2D eigenvalue weighted by atomic mass is 10.2. The Morgan fingerprint density at radius 3 is 2.45 bits per heavy atom. The molecule has 22 heavy (non-hydrogen) atoms. The minimum Gasteiger partial charge on any atom is -0.406 e. The van der Waals surface area contributed by atoms with Crippen LogP contribution in [0.4, 0.5) is 18.9 Å². The lowest BCUT2D eigenvalue weighted by Gasteiger charge is -2.13. The second kappa shape index (κ2) is 7.66. The van der Waals surface area contributed by atoms with Crippen LogP contribution in [0.15, 0.2) is 24.3 Å². The van der Waals surface area contributed by atoms with Gasteiger partial charge in [0.1, 0.15) is 11.9 Å². The second-order valence-corrected chi connectivity index (χ2v) is 4.62. The molecule has 0 spiro atoms. The molecule has 1 heterocycles. The van der Waals surface area contributed by atoms with Gasteiger partial charge in [-0.3, -0.25) is 4.79 Å². The van der Waals surface area contributed by atoms with E-state index >= 15 is 0 Å². The van der Waals surface area contributed by atoms with Crippen LogP contribution in [0, 0.1) is 0 Å². The third-order valence-corrected chi connectivity index (χ3v) is 3.02. The van der Waals surface area contributed by atoms with Crippen molar-refractivity contribution < 1.29 is 27.4 Å². The summed E-state index contributed by atoms with van der Waals surface area (Å²) in [6.07, 6.45) is -4.15. The van der Waals surface area contributed by atoms with Crippen molar-refractivity contribution >= 4 is 24.0 Å². The van der Waals surface area contributed by atoms with Crippen molar-refractivity contribution in [3.8, 4) is 5.75 Å². The van der Waals surface area contributed by atoms with Gasteiger partial charge in [-0.05, 0) is 37.1 Å². The molecule has 0 radical (unpaired) electrons. The molecule has 1 aliphatic heterocycles. The number of anilines is 1. The van der Waals surface area contributed by atoms with Crippen molar-refractivity contribution in [3.05, 3.63) is 24.3 Å². The molecule has 124 valence electrons. The maximum atomic E-state index is 12.0. The SMILES string of the molecule is Cl.NC[C@H]1CC[C@@H](C(=O)Nc2ccc(OC(F)(F)F)cc2)O1. The Morgan fingerprint density at radius 1 is 1.32 bits per heavy atom. The number of carbonyl (C=O) groups is 1. The zero-order chi connectivity index (χ0) is 15.5. The third-order valence-electron chi connectivity index (χ3n) is 3.02. The molecule has 0 aliphatic carbocycles. The predicted molar refractivity (Wildman–Crippen MR) is 76.0 cm³/mol. The monoisotopic (exact) mass is 340 g/mol. The fraction of sp³-hybridized carbons (Fsp3) is 0.462. The molecular formula is C13H16ClF3N2O3. The highest BCUT2D eigenvalue weighted by atomic mass is 35.5. The summed E-state index contributed by atoms with van der Waals surface area (Å²) < 4.78 is 45.2. The lowest BCUT2D eigenvalue weighted by Crippen LogP contribution is -2.29. The van der Waals surface area contributed by atoms with Crippen molar-refractivity contribution in [2.45, 2.75) is 31.4 Å². The molecule has 0 unspecified atom stereocenters. The van der Waals surface area contributed by atoms with Gasteiger partial charge in [0.2, 0.25) is 0 Å². The minimum absolute atomic E-state index is 0. The van der Waals surface area contributed by atoms with Crippen molar-refractivity contribution in [1.29, 1.82) is 0 Å². The first-order valence-corrected chi connectivity index (χ1v) is 6.39. The van der Waals surface area contributed by atoms with Gasteiger partial charge < -0.3 is 20.5 Å². The molecule has 1 amide bonds. The summed E-state index contributed by atoms with van der Waals surface area (Å²) in [4.78, 5) is 11.9. The zero-order valence-electron chi connectivity index (χ0n) is 11.4. The van der Waals surface area contributed by atoms with Gasteiger partial charge in [-0.1, -0.05) is 0 Å². The summed E-state index contributed by atoms with van der Waals surface area (Å²) in [7, 11) is 0. The molecule has 5 nitrogen and oxygen atoms in total. The fourth-order valence-electron chi connectivity index (χ4n) is 2.03. The molecule has 0 bridgehead atoms. The lowest BCUT2D eigenvalue weighted by molar-refractivity contribution is -0.274. The first-order chi connectivity index (χ1) is 9.87. The van der Waals surface area contributed by atoms with Gasteiger partial charge in [0.15, 0.2) is 0 Å². The van der Waals surface area contributed by atoms with Gasteiger partial charge in [0, 0.05) is 12.2 Å². The predicted octanol–water partition coefficient (Wildman–Crippen LogP) is 2.45. The maximum absolute atomic E-state index is 12.0. The molecule has 1 aromatic carbocycles. The van der Waals surface area contributed by atoms with E-state index in [1.54, 1.807) is 0 Å². The molecule has 1 aliphatic rings. The molecule has 0 aromatic heterocycles. The second-order valence-electron chi connectivity index (χ2n) is 4.62. The van der Waals surface area contributed by atoms with E-state index in [0.29, 0.717) is 25.1 Å². The van der Waals surface area contributed by atoms with Crippen molar-refractivity contribution in [3.63, 3.8) is 0 Å². The quantitative estimate of drug-likeness (QED) is 0.883.